The Kier molecular flexibility index (Phi) is 8.13. The van der Waals surface area contributed by atoms with Crippen LogP contribution < -0.4 is 10.1 Å². The van der Waals surface area contributed by atoms with E-state index in [9.17, 15) is 9.59 Å². The molecule has 1 saturated heterocycles. The zero-order valence-electron chi connectivity index (χ0n) is 18.5. The van der Waals surface area contributed by atoms with Crippen molar-refractivity contribution in [2.24, 2.45) is 0 Å². The monoisotopic (exact) mass is 542 g/mol. The normalized spacial score (nSPS) is 15.4. The fraction of sp³-hybridized carbons (Fsp3) is 0.115. The van der Waals surface area contributed by atoms with E-state index in [1.807, 2.05) is 43.3 Å². The molecular weight excluding hydrogens is 523 g/mol. The molecule has 0 aliphatic carbocycles. The molecule has 3 aromatic rings. The van der Waals surface area contributed by atoms with Gasteiger partial charge < -0.3 is 10.1 Å². The zero-order chi connectivity index (χ0) is 24.9. The Hall–Kier alpha value is -2.84. The molecule has 1 aliphatic rings. The molecule has 35 heavy (non-hydrogen) atoms. The number of rotatable bonds is 7. The quantitative estimate of drug-likeness (QED) is 0.258. The molecule has 0 bridgehead atoms. The Morgan fingerprint density at radius 3 is 2.60 bits per heavy atom. The average molecular weight is 543 g/mol. The molecule has 1 heterocycles. The first-order chi connectivity index (χ1) is 16.8. The molecule has 1 fully saturated rings. The molecule has 0 radical (unpaired) electrons. The van der Waals surface area contributed by atoms with Gasteiger partial charge in [-0.1, -0.05) is 89.6 Å². The van der Waals surface area contributed by atoms with Crippen LogP contribution in [0.4, 0.5) is 5.69 Å². The summed E-state index contributed by atoms with van der Waals surface area (Å²) in [5, 5.41) is 3.46. The smallest absolute Gasteiger partial charge is 0.266 e. The number of thiocarbonyl (C=S) groups is 1. The second kappa shape index (κ2) is 11.3. The molecule has 5 nitrogen and oxygen atoms in total. The molecule has 0 spiro atoms. The lowest BCUT2D eigenvalue weighted by Crippen LogP contribution is -2.30. The molecule has 0 saturated carbocycles. The van der Waals surface area contributed by atoms with Crippen molar-refractivity contribution in [3.63, 3.8) is 0 Å². The van der Waals surface area contributed by atoms with Crippen molar-refractivity contribution in [2.45, 2.75) is 13.0 Å². The number of thioether (sulfide) groups is 1. The van der Waals surface area contributed by atoms with Gasteiger partial charge in [-0.05, 0) is 54.5 Å². The number of nitrogens with one attached hydrogen (secondary N) is 1. The van der Waals surface area contributed by atoms with Crippen LogP contribution in [0.15, 0.2) is 77.7 Å². The van der Waals surface area contributed by atoms with Gasteiger partial charge in [-0.2, -0.15) is 0 Å². The molecule has 0 aromatic heterocycles. The molecule has 9 heteroatoms. The third-order valence-electron chi connectivity index (χ3n) is 5.22. The highest BCUT2D eigenvalue weighted by atomic mass is 35.5. The third-order valence-corrected chi connectivity index (χ3v) is 7.29. The second-order valence-corrected chi connectivity index (χ2v) is 10.2. The predicted molar refractivity (Wildman–Crippen MR) is 147 cm³/mol. The lowest BCUT2D eigenvalue weighted by Gasteiger charge is -2.23. The van der Waals surface area contributed by atoms with Gasteiger partial charge in [-0.25, -0.2) is 0 Å². The van der Waals surface area contributed by atoms with E-state index in [0.29, 0.717) is 30.7 Å². The minimum Gasteiger partial charge on any atom is -0.484 e. The van der Waals surface area contributed by atoms with E-state index in [2.05, 4.69) is 5.32 Å². The van der Waals surface area contributed by atoms with Crippen LogP contribution in [0.3, 0.4) is 0 Å². The molecule has 4 rings (SSSR count). The van der Waals surface area contributed by atoms with E-state index in [1.165, 1.54) is 11.8 Å². The minimum atomic E-state index is -0.343. The van der Waals surface area contributed by atoms with E-state index < -0.39 is 0 Å². The van der Waals surface area contributed by atoms with Crippen LogP contribution in [0.2, 0.25) is 10.0 Å². The summed E-state index contributed by atoms with van der Waals surface area (Å²) in [5.41, 5.74) is 2.30. The zero-order valence-corrected chi connectivity index (χ0v) is 21.7. The highest BCUT2D eigenvalue weighted by Crippen LogP contribution is 2.38. The van der Waals surface area contributed by atoms with E-state index in [1.54, 1.807) is 47.4 Å². The maximum Gasteiger partial charge on any atom is 0.266 e. The third kappa shape index (κ3) is 6.24. The standard InChI is InChI=1S/C26H20Cl2N2O3S2/c1-16(18-7-3-2-4-8-18)30-25(32)23(35-26(30)34)13-17-6-5-9-20(12-17)33-15-24(31)29-19-10-11-21(27)22(28)14-19/h2-14,16H,15H2,1H3,(H,29,31)/b23-13-/t16-/m1/s1. The SMILES string of the molecule is C[C@H](c1ccccc1)N1C(=O)/C(=C/c2cccc(OCC(=O)Nc3ccc(Cl)c(Cl)c3)c2)SC1=S. The van der Waals surface area contributed by atoms with Gasteiger partial charge in [-0.15, -0.1) is 0 Å². The Balaban J connectivity index is 1.40. The van der Waals surface area contributed by atoms with Crippen LogP contribution in [0.5, 0.6) is 5.75 Å². The molecule has 1 aliphatic heterocycles. The number of nitrogens with zero attached hydrogens (tertiary/aromatic N) is 1. The topological polar surface area (TPSA) is 58.6 Å². The van der Waals surface area contributed by atoms with E-state index in [0.717, 1.165) is 11.1 Å². The maximum absolute atomic E-state index is 13.1. The van der Waals surface area contributed by atoms with Gasteiger partial charge in [0.05, 0.1) is 21.0 Å². The van der Waals surface area contributed by atoms with Crippen molar-refractivity contribution < 1.29 is 14.3 Å². The molecule has 3 aromatic carbocycles. The number of amides is 2. The van der Waals surface area contributed by atoms with Crippen molar-refractivity contribution in [3.8, 4) is 5.75 Å². The fourth-order valence-corrected chi connectivity index (χ4v) is 5.18. The van der Waals surface area contributed by atoms with Gasteiger partial charge >= 0.3 is 0 Å². The minimum absolute atomic E-state index is 0.135. The Labute approximate surface area is 223 Å². The molecule has 1 N–H and O–H groups in total. The second-order valence-electron chi connectivity index (χ2n) is 7.68. The van der Waals surface area contributed by atoms with Crippen molar-refractivity contribution in [1.29, 1.82) is 0 Å². The van der Waals surface area contributed by atoms with E-state index in [4.69, 9.17) is 40.2 Å². The van der Waals surface area contributed by atoms with Crippen molar-refractivity contribution in [2.75, 3.05) is 11.9 Å². The van der Waals surface area contributed by atoms with Crippen LogP contribution in [0.1, 0.15) is 24.1 Å². The number of hydrogen-bond donors (Lipinski definition) is 1. The Morgan fingerprint density at radius 2 is 1.86 bits per heavy atom. The summed E-state index contributed by atoms with van der Waals surface area (Å²) < 4.78 is 6.15. The van der Waals surface area contributed by atoms with Crippen LogP contribution in [0, 0.1) is 0 Å². The van der Waals surface area contributed by atoms with Crippen LogP contribution in [-0.2, 0) is 9.59 Å². The first-order valence-electron chi connectivity index (χ1n) is 10.6. The number of carbonyl (C=O) groups is 2. The Morgan fingerprint density at radius 1 is 1.09 bits per heavy atom. The number of carbonyl (C=O) groups excluding carboxylic acids is 2. The van der Waals surface area contributed by atoms with Gasteiger partial charge in [0.15, 0.2) is 6.61 Å². The van der Waals surface area contributed by atoms with Crippen LogP contribution >= 0.6 is 47.2 Å². The molecule has 2 amide bonds. The average Bonchev–Trinajstić information content (AvgIpc) is 3.13. The summed E-state index contributed by atoms with van der Waals surface area (Å²) in [4.78, 5) is 27.5. The fourth-order valence-electron chi connectivity index (χ4n) is 3.46. The van der Waals surface area contributed by atoms with Crippen LogP contribution in [0.25, 0.3) is 6.08 Å². The first-order valence-corrected chi connectivity index (χ1v) is 12.6. The summed E-state index contributed by atoms with van der Waals surface area (Å²) in [6, 6.07) is 21.6. The molecule has 1 atom stereocenters. The number of benzene rings is 3. The number of ether oxygens (including phenoxy) is 1. The predicted octanol–water partition coefficient (Wildman–Crippen LogP) is 6.97. The molecule has 178 valence electrons. The summed E-state index contributed by atoms with van der Waals surface area (Å²) in [6.45, 7) is 1.76. The van der Waals surface area contributed by atoms with E-state index >= 15 is 0 Å². The van der Waals surface area contributed by atoms with Crippen molar-refractivity contribution in [3.05, 3.63) is 98.9 Å². The largest absolute Gasteiger partial charge is 0.484 e. The highest BCUT2D eigenvalue weighted by molar-refractivity contribution is 8.26. The summed E-state index contributed by atoms with van der Waals surface area (Å²) in [5.74, 6) is 0.0180. The number of anilines is 1. The van der Waals surface area contributed by atoms with Gasteiger partial charge in [0, 0.05) is 5.69 Å². The van der Waals surface area contributed by atoms with Crippen LogP contribution in [-0.4, -0.2) is 27.6 Å². The van der Waals surface area contributed by atoms with Gasteiger partial charge in [0.1, 0.15) is 10.1 Å². The number of halogens is 2. The van der Waals surface area contributed by atoms with Gasteiger partial charge in [0.25, 0.3) is 11.8 Å². The summed E-state index contributed by atoms with van der Waals surface area (Å²) >= 11 is 18.6. The molecule has 0 unspecified atom stereocenters. The Bertz CT molecular complexity index is 1310. The van der Waals surface area contributed by atoms with Gasteiger partial charge in [0.2, 0.25) is 0 Å². The summed E-state index contributed by atoms with van der Waals surface area (Å²) in [7, 11) is 0. The number of hydrogen-bond acceptors (Lipinski definition) is 5. The molecular formula is C26H20Cl2N2O3S2. The van der Waals surface area contributed by atoms with Gasteiger partial charge in [-0.3, -0.25) is 14.5 Å². The maximum atomic E-state index is 13.1. The first kappa shape index (κ1) is 25.3. The van der Waals surface area contributed by atoms with Crippen molar-refractivity contribution >= 4 is 75.1 Å². The summed E-state index contributed by atoms with van der Waals surface area (Å²) in [6.07, 6.45) is 1.78. The van der Waals surface area contributed by atoms with E-state index in [-0.39, 0.29) is 24.5 Å². The lowest BCUT2D eigenvalue weighted by atomic mass is 10.1. The lowest BCUT2D eigenvalue weighted by molar-refractivity contribution is -0.123. The highest BCUT2D eigenvalue weighted by Gasteiger charge is 2.35. The van der Waals surface area contributed by atoms with Crippen molar-refractivity contribution in [1.82, 2.24) is 4.90 Å².